The lowest BCUT2D eigenvalue weighted by atomic mass is 9.96. The number of benzene rings is 3. The summed E-state index contributed by atoms with van der Waals surface area (Å²) in [7, 11) is 0. The van der Waals surface area contributed by atoms with Gasteiger partial charge in [-0.05, 0) is 48.2 Å². The number of aromatic nitrogens is 1. The predicted octanol–water partition coefficient (Wildman–Crippen LogP) is 4.00. The third-order valence-corrected chi connectivity index (χ3v) is 5.56. The van der Waals surface area contributed by atoms with Crippen molar-refractivity contribution in [2.45, 2.75) is 13.0 Å². The highest BCUT2D eigenvalue weighted by Crippen LogP contribution is 2.37. The van der Waals surface area contributed by atoms with Gasteiger partial charge in [0.1, 0.15) is 11.2 Å². The number of pyridine rings is 1. The fourth-order valence-corrected chi connectivity index (χ4v) is 4.23. The van der Waals surface area contributed by atoms with Crippen LogP contribution in [0.4, 0.5) is 0 Å². The van der Waals surface area contributed by atoms with Crippen LogP contribution < -0.4 is 11.1 Å². The van der Waals surface area contributed by atoms with Gasteiger partial charge in [-0.15, -0.1) is 0 Å². The highest BCUT2D eigenvalue weighted by atomic mass is 79.9. The fourth-order valence-electron chi connectivity index (χ4n) is 3.87. The van der Waals surface area contributed by atoms with E-state index in [0.29, 0.717) is 28.2 Å². The Morgan fingerprint density at radius 2 is 1.52 bits per heavy atom. The first-order valence-electron chi connectivity index (χ1n) is 8.64. The average molecular weight is 424 g/mol. The molecule has 5 aromatic rings. The zero-order chi connectivity index (χ0) is 18.7. The smallest absolute Gasteiger partial charge is 0.261 e. The van der Waals surface area contributed by atoms with Crippen LogP contribution in [0.3, 0.4) is 0 Å². The van der Waals surface area contributed by atoms with Crippen LogP contribution in [0.2, 0.25) is 0 Å². The van der Waals surface area contributed by atoms with Gasteiger partial charge >= 0.3 is 0 Å². The monoisotopic (exact) mass is 423 g/mol. The molecule has 0 aliphatic heterocycles. The molecular weight excluding hydrogens is 410 g/mol. The number of nitrogens with zero attached hydrogens (tertiary/aromatic N) is 1. The van der Waals surface area contributed by atoms with Crippen molar-refractivity contribution in [1.82, 2.24) is 4.57 Å². The van der Waals surface area contributed by atoms with Gasteiger partial charge in [0.05, 0.1) is 0 Å². The third-order valence-electron chi connectivity index (χ3n) is 5.07. The summed E-state index contributed by atoms with van der Waals surface area (Å²) in [5.41, 5.74) is 0.728. The molecule has 5 nitrogen and oxygen atoms in total. The standard InChI is InChI=1S/C21H14BrNO4/c22-11-2-6-16-15(10-11)12-3-4-13-18-14(5-7-17(27-16)19(12)18)21(26)23(20(13)25)8-1-9-24/h2-7,10,24H,1,8-9H2. The molecule has 6 heteroatoms. The molecule has 0 bridgehead atoms. The summed E-state index contributed by atoms with van der Waals surface area (Å²) < 4.78 is 8.19. The van der Waals surface area contributed by atoms with E-state index in [0.717, 1.165) is 26.2 Å². The van der Waals surface area contributed by atoms with Gasteiger partial charge in [0, 0.05) is 44.6 Å². The Kier molecular flexibility index (Phi) is 3.60. The molecule has 27 heavy (non-hydrogen) atoms. The summed E-state index contributed by atoms with van der Waals surface area (Å²) in [6.45, 7) is 0.127. The average Bonchev–Trinajstić information content (AvgIpc) is 2.68. The lowest BCUT2D eigenvalue weighted by molar-refractivity contribution is 0.278. The van der Waals surface area contributed by atoms with Crippen LogP contribution >= 0.6 is 15.9 Å². The number of hydrogen-bond acceptors (Lipinski definition) is 4. The van der Waals surface area contributed by atoms with Crippen molar-refractivity contribution < 1.29 is 9.52 Å². The van der Waals surface area contributed by atoms with Crippen LogP contribution in [-0.4, -0.2) is 16.3 Å². The molecule has 0 amide bonds. The van der Waals surface area contributed by atoms with Gasteiger partial charge < -0.3 is 9.52 Å². The van der Waals surface area contributed by atoms with Crippen LogP contribution in [-0.2, 0) is 6.54 Å². The topological polar surface area (TPSA) is 72.4 Å². The maximum Gasteiger partial charge on any atom is 0.261 e. The van der Waals surface area contributed by atoms with E-state index in [2.05, 4.69) is 15.9 Å². The molecule has 0 aliphatic rings. The number of halogens is 1. The molecule has 0 fully saturated rings. The van der Waals surface area contributed by atoms with Gasteiger partial charge in [-0.2, -0.15) is 0 Å². The van der Waals surface area contributed by atoms with Gasteiger partial charge in [-0.1, -0.05) is 22.0 Å². The molecule has 0 atom stereocenters. The zero-order valence-corrected chi connectivity index (χ0v) is 15.7. The first-order chi connectivity index (χ1) is 13.1. The van der Waals surface area contributed by atoms with Crippen molar-refractivity contribution in [3.05, 3.63) is 67.6 Å². The fraction of sp³-hybridized carbons (Fsp3) is 0.143. The molecule has 1 N–H and O–H groups in total. The van der Waals surface area contributed by atoms with Crippen LogP contribution in [0.1, 0.15) is 6.42 Å². The Morgan fingerprint density at radius 1 is 0.852 bits per heavy atom. The Balaban J connectivity index is 2.03. The van der Waals surface area contributed by atoms with Gasteiger partial charge in [0.25, 0.3) is 11.1 Å². The van der Waals surface area contributed by atoms with Crippen molar-refractivity contribution >= 4 is 59.4 Å². The number of hydrogen-bond donors (Lipinski definition) is 1. The molecular formula is C21H14BrNO4. The summed E-state index contributed by atoms with van der Waals surface area (Å²) in [6.07, 6.45) is 0.358. The zero-order valence-electron chi connectivity index (χ0n) is 14.2. The van der Waals surface area contributed by atoms with E-state index < -0.39 is 0 Å². The number of fused-ring (bicyclic) bond motifs is 2. The minimum absolute atomic E-state index is 0.0727. The molecule has 2 heterocycles. The summed E-state index contributed by atoms with van der Waals surface area (Å²) in [5.74, 6) is 0. The molecule has 0 unspecified atom stereocenters. The van der Waals surface area contributed by atoms with E-state index in [9.17, 15) is 9.59 Å². The molecule has 0 saturated carbocycles. The Bertz CT molecular complexity index is 1430. The SMILES string of the molecule is O=c1c2ccc3oc4ccc(Br)cc4c4ccc(c(=O)n1CCCO)c2c34. The minimum Gasteiger partial charge on any atom is -0.456 e. The second-order valence-electron chi connectivity index (χ2n) is 6.60. The molecule has 0 radical (unpaired) electrons. The van der Waals surface area contributed by atoms with Gasteiger partial charge in [-0.3, -0.25) is 14.2 Å². The van der Waals surface area contributed by atoms with Gasteiger partial charge in [0.15, 0.2) is 0 Å². The molecule has 5 rings (SSSR count). The van der Waals surface area contributed by atoms with E-state index >= 15 is 0 Å². The predicted molar refractivity (Wildman–Crippen MR) is 110 cm³/mol. The van der Waals surface area contributed by atoms with Crippen molar-refractivity contribution in [2.24, 2.45) is 0 Å². The molecule has 0 aliphatic carbocycles. The first-order valence-corrected chi connectivity index (χ1v) is 9.44. The largest absolute Gasteiger partial charge is 0.456 e. The Morgan fingerprint density at radius 3 is 2.26 bits per heavy atom. The number of aliphatic hydroxyl groups is 1. The quantitative estimate of drug-likeness (QED) is 0.351. The minimum atomic E-state index is -0.329. The molecule has 134 valence electrons. The number of aliphatic hydroxyl groups excluding tert-OH is 1. The van der Waals surface area contributed by atoms with E-state index in [1.165, 1.54) is 4.57 Å². The van der Waals surface area contributed by atoms with Crippen LogP contribution in [0.15, 0.2) is 60.9 Å². The van der Waals surface area contributed by atoms with Gasteiger partial charge in [0.2, 0.25) is 0 Å². The highest BCUT2D eigenvalue weighted by molar-refractivity contribution is 9.10. The third kappa shape index (κ3) is 2.27. The Hall–Kier alpha value is -2.70. The Labute approximate surface area is 160 Å². The van der Waals surface area contributed by atoms with Crippen molar-refractivity contribution in [3.8, 4) is 0 Å². The molecule has 0 spiro atoms. The van der Waals surface area contributed by atoms with Crippen LogP contribution in [0.25, 0.3) is 43.5 Å². The van der Waals surface area contributed by atoms with E-state index in [1.807, 2.05) is 24.3 Å². The van der Waals surface area contributed by atoms with Crippen LogP contribution in [0.5, 0.6) is 0 Å². The lowest BCUT2D eigenvalue weighted by Gasteiger charge is -2.13. The second kappa shape index (κ2) is 5.90. The first kappa shape index (κ1) is 16.5. The highest BCUT2D eigenvalue weighted by Gasteiger charge is 2.18. The summed E-state index contributed by atoms with van der Waals surface area (Å²) >= 11 is 3.49. The maximum absolute atomic E-state index is 12.9. The van der Waals surface area contributed by atoms with Crippen molar-refractivity contribution in [1.29, 1.82) is 0 Å². The van der Waals surface area contributed by atoms with E-state index in [4.69, 9.17) is 9.52 Å². The molecule has 3 aromatic carbocycles. The van der Waals surface area contributed by atoms with Crippen molar-refractivity contribution in [3.63, 3.8) is 0 Å². The number of rotatable bonds is 3. The van der Waals surface area contributed by atoms with Crippen LogP contribution in [0, 0.1) is 0 Å². The summed E-state index contributed by atoms with van der Waals surface area (Å²) in [4.78, 5) is 25.8. The maximum atomic E-state index is 12.9. The van der Waals surface area contributed by atoms with Gasteiger partial charge in [-0.25, -0.2) is 0 Å². The summed E-state index contributed by atoms with van der Waals surface area (Å²) in [6, 6.07) is 13.0. The summed E-state index contributed by atoms with van der Waals surface area (Å²) in [5, 5.41) is 13.4. The lowest BCUT2D eigenvalue weighted by Crippen LogP contribution is -2.33. The molecule has 0 saturated heterocycles. The second-order valence-corrected chi connectivity index (χ2v) is 7.52. The van der Waals surface area contributed by atoms with E-state index in [-0.39, 0.29) is 24.3 Å². The van der Waals surface area contributed by atoms with E-state index in [1.54, 1.807) is 18.2 Å². The van der Waals surface area contributed by atoms with Crippen molar-refractivity contribution in [2.75, 3.05) is 6.61 Å². The normalized spacial score (nSPS) is 12.1. The molecule has 2 aromatic heterocycles.